The summed E-state index contributed by atoms with van der Waals surface area (Å²) < 4.78 is 18.2. The van der Waals surface area contributed by atoms with Gasteiger partial charge in [-0.25, -0.2) is 4.39 Å². The highest BCUT2D eigenvalue weighted by Gasteiger charge is 2.38. The van der Waals surface area contributed by atoms with Crippen molar-refractivity contribution in [2.24, 2.45) is 0 Å². The molecular formula is C22H23ClFN3O4. The molecule has 164 valence electrons. The highest BCUT2D eigenvalue weighted by molar-refractivity contribution is 6.36. The Morgan fingerprint density at radius 1 is 1.16 bits per heavy atom. The van der Waals surface area contributed by atoms with Gasteiger partial charge in [0, 0.05) is 25.3 Å². The number of carbonyl (C=O) groups is 3. The third-order valence-corrected chi connectivity index (χ3v) is 5.41. The van der Waals surface area contributed by atoms with Gasteiger partial charge in [-0.15, -0.1) is 0 Å². The van der Waals surface area contributed by atoms with Crippen LogP contribution in [-0.2, 0) is 20.9 Å². The lowest BCUT2D eigenvalue weighted by Crippen LogP contribution is -2.59. The summed E-state index contributed by atoms with van der Waals surface area (Å²) in [7, 11) is 1.49. The minimum absolute atomic E-state index is 0.200. The molecular weight excluding hydrogens is 425 g/mol. The van der Waals surface area contributed by atoms with Gasteiger partial charge in [0.05, 0.1) is 12.1 Å². The molecule has 1 fully saturated rings. The molecule has 1 N–H and O–H groups in total. The monoisotopic (exact) mass is 447 g/mol. The van der Waals surface area contributed by atoms with Gasteiger partial charge in [-0.3, -0.25) is 14.4 Å². The molecule has 2 aromatic rings. The van der Waals surface area contributed by atoms with E-state index in [4.69, 9.17) is 16.3 Å². The van der Waals surface area contributed by atoms with E-state index in [1.54, 1.807) is 37.3 Å². The Hall–Kier alpha value is -3.13. The fourth-order valence-corrected chi connectivity index (χ4v) is 3.72. The second-order valence-corrected chi connectivity index (χ2v) is 7.52. The molecule has 0 unspecified atom stereocenters. The van der Waals surface area contributed by atoms with Crippen LogP contribution in [0.15, 0.2) is 42.5 Å². The minimum Gasteiger partial charge on any atom is -0.495 e. The van der Waals surface area contributed by atoms with E-state index >= 15 is 0 Å². The number of benzene rings is 2. The van der Waals surface area contributed by atoms with Crippen LogP contribution in [-0.4, -0.2) is 53.8 Å². The molecule has 0 saturated carbocycles. The molecule has 1 atom stereocenters. The number of nitrogens with zero attached hydrogens (tertiary/aromatic N) is 2. The average molecular weight is 448 g/mol. The van der Waals surface area contributed by atoms with Gasteiger partial charge in [0.1, 0.15) is 17.6 Å². The summed E-state index contributed by atoms with van der Waals surface area (Å²) in [4.78, 5) is 40.9. The highest BCUT2D eigenvalue weighted by Crippen LogP contribution is 2.27. The van der Waals surface area contributed by atoms with E-state index in [2.05, 4.69) is 5.32 Å². The largest absolute Gasteiger partial charge is 0.495 e. The smallest absolute Gasteiger partial charge is 0.312 e. The summed E-state index contributed by atoms with van der Waals surface area (Å²) in [6.07, 6.45) is 0.340. The van der Waals surface area contributed by atoms with Crippen molar-refractivity contribution in [3.05, 3.63) is 58.9 Å². The fraction of sp³-hybridized carbons (Fsp3) is 0.318. The van der Waals surface area contributed by atoms with Crippen LogP contribution in [0.2, 0.25) is 5.02 Å². The van der Waals surface area contributed by atoms with Crippen LogP contribution in [0.4, 0.5) is 10.1 Å². The Labute approximate surface area is 184 Å². The molecule has 9 heteroatoms. The first-order valence-electron chi connectivity index (χ1n) is 9.82. The number of piperazine rings is 1. The van der Waals surface area contributed by atoms with Crippen LogP contribution in [0, 0.1) is 5.82 Å². The van der Waals surface area contributed by atoms with Crippen molar-refractivity contribution in [1.82, 2.24) is 9.80 Å². The standard InChI is InChI=1S/C22H23ClFN3O4/c1-3-18(20(28)25-16-8-9-19(31-2)17(23)12-16)27-11-10-26(21(29)22(27)30)13-14-4-6-15(24)7-5-14/h4-9,12,18H,3,10-11,13H2,1-2H3,(H,25,28)/t18-/m0/s1. The summed E-state index contributed by atoms with van der Waals surface area (Å²) in [6.45, 7) is 2.47. The Balaban J connectivity index is 1.67. The first-order valence-corrected chi connectivity index (χ1v) is 10.2. The molecule has 1 heterocycles. The van der Waals surface area contributed by atoms with Crippen molar-refractivity contribution in [2.75, 3.05) is 25.5 Å². The van der Waals surface area contributed by atoms with E-state index in [9.17, 15) is 18.8 Å². The molecule has 0 spiro atoms. The normalized spacial score (nSPS) is 15.1. The van der Waals surface area contributed by atoms with Crippen molar-refractivity contribution >= 4 is 35.0 Å². The van der Waals surface area contributed by atoms with Gasteiger partial charge < -0.3 is 19.9 Å². The summed E-state index contributed by atoms with van der Waals surface area (Å²) >= 11 is 6.10. The quantitative estimate of drug-likeness (QED) is 0.661. The molecule has 0 bridgehead atoms. The van der Waals surface area contributed by atoms with E-state index in [-0.39, 0.29) is 25.5 Å². The third kappa shape index (κ3) is 5.14. The Morgan fingerprint density at radius 2 is 1.87 bits per heavy atom. The molecule has 31 heavy (non-hydrogen) atoms. The number of amides is 3. The van der Waals surface area contributed by atoms with Crippen LogP contribution in [0.1, 0.15) is 18.9 Å². The van der Waals surface area contributed by atoms with Gasteiger partial charge in [0.15, 0.2) is 0 Å². The van der Waals surface area contributed by atoms with E-state index in [1.807, 2.05) is 0 Å². The predicted molar refractivity (Wildman–Crippen MR) is 114 cm³/mol. The number of nitrogens with one attached hydrogen (secondary N) is 1. The predicted octanol–water partition coefficient (Wildman–Crippen LogP) is 3.08. The topological polar surface area (TPSA) is 79.0 Å². The highest BCUT2D eigenvalue weighted by atomic mass is 35.5. The maximum Gasteiger partial charge on any atom is 0.312 e. The van der Waals surface area contributed by atoms with Crippen molar-refractivity contribution in [2.45, 2.75) is 25.9 Å². The number of anilines is 1. The Morgan fingerprint density at radius 3 is 2.48 bits per heavy atom. The zero-order chi connectivity index (χ0) is 22.5. The van der Waals surface area contributed by atoms with Gasteiger partial charge in [0.2, 0.25) is 5.91 Å². The van der Waals surface area contributed by atoms with Gasteiger partial charge in [0.25, 0.3) is 0 Å². The SMILES string of the molecule is CC[C@@H](C(=O)Nc1ccc(OC)c(Cl)c1)N1CCN(Cc2ccc(F)cc2)C(=O)C1=O. The fourth-order valence-electron chi connectivity index (χ4n) is 3.47. The van der Waals surface area contributed by atoms with Crippen molar-refractivity contribution in [3.8, 4) is 5.75 Å². The van der Waals surface area contributed by atoms with E-state index < -0.39 is 23.8 Å². The number of halogens is 2. The molecule has 0 aliphatic carbocycles. The molecule has 0 radical (unpaired) electrons. The van der Waals surface area contributed by atoms with E-state index in [1.165, 1.54) is 29.0 Å². The first-order chi connectivity index (χ1) is 14.8. The summed E-state index contributed by atoms with van der Waals surface area (Å²) in [5, 5.41) is 3.08. The van der Waals surface area contributed by atoms with Crippen molar-refractivity contribution in [1.29, 1.82) is 0 Å². The number of ether oxygens (including phenoxy) is 1. The van der Waals surface area contributed by atoms with E-state index in [0.29, 0.717) is 22.9 Å². The molecule has 1 saturated heterocycles. The third-order valence-electron chi connectivity index (χ3n) is 5.11. The van der Waals surface area contributed by atoms with Crippen molar-refractivity contribution in [3.63, 3.8) is 0 Å². The second-order valence-electron chi connectivity index (χ2n) is 7.11. The summed E-state index contributed by atoms with van der Waals surface area (Å²) in [6, 6.07) is 9.78. The molecule has 0 aromatic heterocycles. The maximum absolute atomic E-state index is 13.1. The molecule has 1 aliphatic heterocycles. The van der Waals surface area contributed by atoms with Crippen LogP contribution >= 0.6 is 11.6 Å². The number of hydrogen-bond donors (Lipinski definition) is 1. The molecule has 3 amide bonds. The number of carbonyl (C=O) groups excluding carboxylic acids is 3. The lowest BCUT2D eigenvalue weighted by atomic mass is 10.1. The van der Waals surface area contributed by atoms with Gasteiger partial charge in [-0.1, -0.05) is 30.7 Å². The molecule has 7 nitrogen and oxygen atoms in total. The van der Waals surface area contributed by atoms with Gasteiger partial charge in [-0.2, -0.15) is 0 Å². The number of rotatable bonds is 7. The first kappa shape index (κ1) is 22.6. The summed E-state index contributed by atoms with van der Waals surface area (Å²) in [5.74, 6) is -1.72. The minimum atomic E-state index is -0.801. The Bertz CT molecular complexity index is 983. The maximum atomic E-state index is 13.1. The average Bonchev–Trinajstić information content (AvgIpc) is 2.75. The van der Waals surface area contributed by atoms with Crippen LogP contribution in [0.3, 0.4) is 0 Å². The van der Waals surface area contributed by atoms with E-state index in [0.717, 1.165) is 5.56 Å². The molecule has 1 aliphatic rings. The van der Waals surface area contributed by atoms with Crippen LogP contribution in [0.25, 0.3) is 0 Å². The lowest BCUT2D eigenvalue weighted by Gasteiger charge is -2.37. The van der Waals surface area contributed by atoms with Crippen LogP contribution in [0.5, 0.6) is 5.75 Å². The molecule has 2 aromatic carbocycles. The zero-order valence-corrected chi connectivity index (χ0v) is 18.0. The zero-order valence-electron chi connectivity index (χ0n) is 17.2. The number of methoxy groups -OCH3 is 1. The second kappa shape index (κ2) is 9.78. The van der Waals surface area contributed by atoms with Gasteiger partial charge in [-0.05, 0) is 42.3 Å². The summed E-state index contributed by atoms with van der Waals surface area (Å²) in [5.41, 5.74) is 1.18. The Kier molecular flexibility index (Phi) is 7.12. The van der Waals surface area contributed by atoms with Crippen molar-refractivity contribution < 1.29 is 23.5 Å². The van der Waals surface area contributed by atoms with Crippen LogP contribution < -0.4 is 10.1 Å². The molecule has 3 rings (SSSR count). The number of hydrogen-bond acceptors (Lipinski definition) is 4. The lowest BCUT2D eigenvalue weighted by molar-refractivity contribution is -0.159. The van der Waals surface area contributed by atoms with Gasteiger partial charge >= 0.3 is 11.8 Å².